The molecule has 0 aliphatic carbocycles. The van der Waals surface area contributed by atoms with E-state index in [4.69, 9.17) is 5.11 Å². The highest BCUT2D eigenvalue weighted by Gasteiger charge is 2.22. The third-order valence-electron chi connectivity index (χ3n) is 2.41. The van der Waals surface area contributed by atoms with Crippen molar-refractivity contribution in [3.63, 3.8) is 0 Å². The zero-order valence-electron chi connectivity index (χ0n) is 9.77. The molecule has 0 amide bonds. The molecule has 1 aromatic carbocycles. The second-order valence-corrected chi connectivity index (χ2v) is 5.53. The molecule has 0 spiro atoms. The van der Waals surface area contributed by atoms with Gasteiger partial charge in [-0.15, -0.1) is 0 Å². The lowest BCUT2D eigenvalue weighted by Crippen LogP contribution is -2.37. The predicted molar refractivity (Wildman–Crippen MR) is 62.6 cm³/mol. The van der Waals surface area contributed by atoms with E-state index in [0.717, 1.165) is 6.07 Å². The highest BCUT2D eigenvalue weighted by molar-refractivity contribution is 7.89. The molecule has 2 N–H and O–H groups in total. The minimum absolute atomic E-state index is 0.316. The SMILES string of the molecule is CCC(CO)NS(=O)(=O)c1cc(C)ccc1F. The smallest absolute Gasteiger partial charge is 0.243 e. The number of aliphatic hydroxyl groups is 1. The fourth-order valence-corrected chi connectivity index (χ4v) is 2.82. The van der Waals surface area contributed by atoms with Crippen molar-refractivity contribution in [2.45, 2.75) is 31.2 Å². The van der Waals surface area contributed by atoms with Crippen LogP contribution in [0.5, 0.6) is 0 Å². The van der Waals surface area contributed by atoms with Crippen molar-refractivity contribution in [1.29, 1.82) is 0 Å². The first-order valence-electron chi connectivity index (χ1n) is 5.30. The first-order chi connectivity index (χ1) is 7.90. The van der Waals surface area contributed by atoms with Crippen LogP contribution in [-0.2, 0) is 10.0 Å². The third kappa shape index (κ3) is 3.49. The van der Waals surface area contributed by atoms with Gasteiger partial charge in [-0.2, -0.15) is 0 Å². The van der Waals surface area contributed by atoms with E-state index in [2.05, 4.69) is 4.72 Å². The molecule has 0 aliphatic heterocycles. The summed E-state index contributed by atoms with van der Waals surface area (Å²) in [5.41, 5.74) is 0.656. The van der Waals surface area contributed by atoms with Gasteiger partial charge >= 0.3 is 0 Å². The normalized spacial score (nSPS) is 13.6. The van der Waals surface area contributed by atoms with Gasteiger partial charge in [0.2, 0.25) is 10.0 Å². The number of nitrogens with one attached hydrogen (secondary N) is 1. The van der Waals surface area contributed by atoms with Gasteiger partial charge in [0.25, 0.3) is 0 Å². The molecule has 1 unspecified atom stereocenters. The number of halogens is 1. The molecular weight excluding hydrogens is 245 g/mol. The molecule has 0 heterocycles. The van der Waals surface area contributed by atoms with E-state index in [1.54, 1.807) is 13.8 Å². The van der Waals surface area contributed by atoms with E-state index >= 15 is 0 Å². The Hall–Kier alpha value is -0.980. The largest absolute Gasteiger partial charge is 0.395 e. The summed E-state index contributed by atoms with van der Waals surface area (Å²) in [5.74, 6) is -0.795. The van der Waals surface area contributed by atoms with Crippen LogP contribution in [0.1, 0.15) is 18.9 Å². The summed E-state index contributed by atoms with van der Waals surface area (Å²) >= 11 is 0. The zero-order valence-corrected chi connectivity index (χ0v) is 10.6. The lowest BCUT2D eigenvalue weighted by atomic mass is 10.2. The summed E-state index contributed by atoms with van der Waals surface area (Å²) in [6.07, 6.45) is 0.434. The number of aryl methyl sites for hydroxylation is 1. The van der Waals surface area contributed by atoms with Crippen LogP contribution in [-0.4, -0.2) is 26.2 Å². The Morgan fingerprint density at radius 2 is 2.12 bits per heavy atom. The maximum Gasteiger partial charge on any atom is 0.243 e. The fraction of sp³-hybridized carbons (Fsp3) is 0.455. The number of hydrogen-bond acceptors (Lipinski definition) is 3. The minimum atomic E-state index is -3.92. The lowest BCUT2D eigenvalue weighted by Gasteiger charge is -2.15. The molecule has 0 saturated carbocycles. The van der Waals surface area contributed by atoms with Gasteiger partial charge in [0, 0.05) is 6.04 Å². The average molecular weight is 261 g/mol. The van der Waals surface area contributed by atoms with Gasteiger partial charge in [-0.25, -0.2) is 17.5 Å². The van der Waals surface area contributed by atoms with Gasteiger partial charge in [0.1, 0.15) is 10.7 Å². The molecule has 0 aliphatic rings. The van der Waals surface area contributed by atoms with Crippen molar-refractivity contribution in [2.75, 3.05) is 6.61 Å². The highest BCUT2D eigenvalue weighted by Crippen LogP contribution is 2.16. The van der Waals surface area contributed by atoms with Crippen LogP contribution in [0.25, 0.3) is 0 Å². The maximum atomic E-state index is 13.4. The first-order valence-corrected chi connectivity index (χ1v) is 6.78. The number of rotatable bonds is 5. The van der Waals surface area contributed by atoms with Crippen LogP contribution in [0, 0.1) is 12.7 Å². The third-order valence-corrected chi connectivity index (χ3v) is 3.95. The Balaban J connectivity index is 3.09. The monoisotopic (exact) mass is 261 g/mol. The van der Waals surface area contributed by atoms with Crippen LogP contribution < -0.4 is 4.72 Å². The van der Waals surface area contributed by atoms with E-state index < -0.39 is 21.9 Å². The fourth-order valence-electron chi connectivity index (χ4n) is 1.35. The lowest BCUT2D eigenvalue weighted by molar-refractivity contribution is 0.253. The van der Waals surface area contributed by atoms with Crippen LogP contribution in [0.2, 0.25) is 0 Å². The molecule has 4 nitrogen and oxygen atoms in total. The van der Waals surface area contributed by atoms with Crippen LogP contribution in [0.15, 0.2) is 23.1 Å². The number of benzene rings is 1. The highest BCUT2D eigenvalue weighted by atomic mass is 32.2. The molecule has 0 saturated heterocycles. The number of aliphatic hydroxyl groups excluding tert-OH is 1. The zero-order chi connectivity index (χ0) is 13.1. The molecule has 0 aromatic heterocycles. The van der Waals surface area contributed by atoms with E-state index in [1.807, 2.05) is 0 Å². The Kier molecular flexibility index (Phi) is 4.62. The van der Waals surface area contributed by atoms with Crippen molar-refractivity contribution in [2.24, 2.45) is 0 Å². The standard InChI is InChI=1S/C11H16FNO3S/c1-3-9(7-14)13-17(15,16)11-6-8(2)4-5-10(11)12/h4-6,9,13-14H,3,7H2,1-2H3. The van der Waals surface area contributed by atoms with Crippen molar-refractivity contribution < 1.29 is 17.9 Å². The molecule has 6 heteroatoms. The summed E-state index contributed by atoms with van der Waals surface area (Å²) in [7, 11) is -3.92. The summed E-state index contributed by atoms with van der Waals surface area (Å²) in [4.78, 5) is -0.385. The van der Waals surface area contributed by atoms with Gasteiger partial charge in [-0.3, -0.25) is 0 Å². The Bertz CT molecular complexity index is 483. The topological polar surface area (TPSA) is 66.4 Å². The van der Waals surface area contributed by atoms with E-state index in [-0.39, 0.29) is 11.5 Å². The molecule has 17 heavy (non-hydrogen) atoms. The Labute approximate surface area is 101 Å². The quantitative estimate of drug-likeness (QED) is 0.836. The molecule has 0 bridgehead atoms. The van der Waals surface area contributed by atoms with Gasteiger partial charge in [-0.05, 0) is 31.0 Å². The van der Waals surface area contributed by atoms with Crippen LogP contribution in [0.3, 0.4) is 0 Å². The summed E-state index contributed by atoms with van der Waals surface area (Å²) < 4.78 is 39.4. The van der Waals surface area contributed by atoms with Gasteiger partial charge in [0.15, 0.2) is 0 Å². The predicted octanol–water partition coefficient (Wildman–Crippen LogP) is 1.18. The summed E-state index contributed by atoms with van der Waals surface area (Å²) in [5, 5.41) is 8.94. The van der Waals surface area contributed by atoms with Gasteiger partial charge < -0.3 is 5.11 Å². The summed E-state index contributed by atoms with van der Waals surface area (Å²) in [6.45, 7) is 3.10. The molecule has 1 aromatic rings. The van der Waals surface area contributed by atoms with Crippen molar-refractivity contribution in [3.05, 3.63) is 29.6 Å². The second kappa shape index (κ2) is 5.57. The van der Waals surface area contributed by atoms with Crippen molar-refractivity contribution in [3.8, 4) is 0 Å². The van der Waals surface area contributed by atoms with Crippen LogP contribution >= 0.6 is 0 Å². The number of hydrogen-bond donors (Lipinski definition) is 2. The number of sulfonamides is 1. The maximum absolute atomic E-state index is 13.4. The summed E-state index contributed by atoms with van der Waals surface area (Å²) in [6, 6.07) is 3.28. The minimum Gasteiger partial charge on any atom is -0.395 e. The molecule has 1 atom stereocenters. The van der Waals surface area contributed by atoms with E-state index in [0.29, 0.717) is 12.0 Å². The van der Waals surface area contributed by atoms with Crippen molar-refractivity contribution in [1.82, 2.24) is 4.72 Å². The van der Waals surface area contributed by atoms with E-state index in [1.165, 1.54) is 12.1 Å². The molecule has 96 valence electrons. The van der Waals surface area contributed by atoms with Gasteiger partial charge in [-0.1, -0.05) is 13.0 Å². The first kappa shape index (κ1) is 14.1. The average Bonchev–Trinajstić information content (AvgIpc) is 2.29. The van der Waals surface area contributed by atoms with Crippen LogP contribution in [0.4, 0.5) is 4.39 Å². The molecule has 1 rings (SSSR count). The second-order valence-electron chi connectivity index (χ2n) is 3.84. The molecule has 0 radical (unpaired) electrons. The van der Waals surface area contributed by atoms with Gasteiger partial charge in [0.05, 0.1) is 6.61 Å². The Morgan fingerprint density at radius 1 is 1.47 bits per heavy atom. The molecule has 0 fully saturated rings. The van der Waals surface area contributed by atoms with E-state index in [9.17, 15) is 12.8 Å². The molecular formula is C11H16FNO3S. The Morgan fingerprint density at radius 3 is 2.65 bits per heavy atom. The van der Waals surface area contributed by atoms with Crippen molar-refractivity contribution >= 4 is 10.0 Å².